The van der Waals surface area contributed by atoms with Gasteiger partial charge in [0, 0.05) is 24.3 Å². The van der Waals surface area contributed by atoms with Crippen LogP contribution >= 0.6 is 0 Å². The van der Waals surface area contributed by atoms with E-state index in [9.17, 15) is 12.8 Å². The van der Waals surface area contributed by atoms with E-state index in [1.165, 1.54) is 17.3 Å². The fraction of sp³-hybridized carbons (Fsp3) is 0.600. The van der Waals surface area contributed by atoms with Crippen molar-refractivity contribution < 1.29 is 12.8 Å². The Hall–Kier alpha value is -1.14. The van der Waals surface area contributed by atoms with E-state index in [0.717, 1.165) is 31.7 Å². The van der Waals surface area contributed by atoms with Crippen LogP contribution in [0, 0.1) is 18.7 Å². The van der Waals surface area contributed by atoms with Crippen LogP contribution in [0.4, 0.5) is 10.1 Å². The van der Waals surface area contributed by atoms with Crippen molar-refractivity contribution in [3.8, 4) is 0 Å². The van der Waals surface area contributed by atoms with Gasteiger partial charge in [0.2, 0.25) is 10.0 Å². The molecule has 0 heterocycles. The van der Waals surface area contributed by atoms with Crippen LogP contribution < -0.4 is 5.73 Å². The molecule has 0 radical (unpaired) electrons. The summed E-state index contributed by atoms with van der Waals surface area (Å²) < 4.78 is 40.6. The number of hydrogen-bond donors (Lipinski definition) is 1. The van der Waals surface area contributed by atoms with Gasteiger partial charge in [-0.25, -0.2) is 12.8 Å². The van der Waals surface area contributed by atoms with Gasteiger partial charge in [0.15, 0.2) is 0 Å². The summed E-state index contributed by atoms with van der Waals surface area (Å²) in [5.41, 5.74) is 5.85. The van der Waals surface area contributed by atoms with Gasteiger partial charge in [-0.05, 0) is 50.7 Å². The SMILES string of the molecule is Cc1c(F)cc(N)cc1S(=O)(=O)N(C)C1CCC(C)CC1. The first-order valence-electron chi connectivity index (χ1n) is 7.27. The molecule has 0 bridgehead atoms. The highest BCUT2D eigenvalue weighted by molar-refractivity contribution is 7.89. The Labute approximate surface area is 126 Å². The molecule has 0 spiro atoms. The number of nitrogens with two attached hydrogens (primary N) is 1. The first-order chi connectivity index (χ1) is 9.73. The maximum Gasteiger partial charge on any atom is 0.243 e. The molecule has 6 heteroatoms. The lowest BCUT2D eigenvalue weighted by molar-refractivity contribution is 0.246. The summed E-state index contributed by atoms with van der Waals surface area (Å²) in [6.07, 6.45) is 3.74. The molecule has 118 valence electrons. The molecule has 0 aliphatic heterocycles. The monoisotopic (exact) mass is 314 g/mol. The highest BCUT2D eigenvalue weighted by Crippen LogP contribution is 2.31. The van der Waals surface area contributed by atoms with Crippen LogP contribution in [0.15, 0.2) is 17.0 Å². The van der Waals surface area contributed by atoms with Crippen molar-refractivity contribution in [2.45, 2.75) is 50.5 Å². The summed E-state index contributed by atoms with van der Waals surface area (Å²) >= 11 is 0. The van der Waals surface area contributed by atoms with Gasteiger partial charge in [0.1, 0.15) is 5.82 Å². The summed E-state index contributed by atoms with van der Waals surface area (Å²) in [5.74, 6) is 0.0585. The molecule has 4 nitrogen and oxygen atoms in total. The zero-order valence-corrected chi connectivity index (χ0v) is 13.6. The van der Waals surface area contributed by atoms with Crippen LogP contribution in [0.25, 0.3) is 0 Å². The predicted octanol–water partition coefficient (Wildman–Crippen LogP) is 2.92. The van der Waals surface area contributed by atoms with Gasteiger partial charge in [-0.1, -0.05) is 6.92 Å². The molecule has 0 unspecified atom stereocenters. The Balaban J connectivity index is 2.34. The topological polar surface area (TPSA) is 63.4 Å². The van der Waals surface area contributed by atoms with E-state index in [1.807, 2.05) is 0 Å². The largest absolute Gasteiger partial charge is 0.399 e. The third kappa shape index (κ3) is 3.21. The zero-order chi connectivity index (χ0) is 15.8. The molecule has 0 atom stereocenters. The number of nitrogens with zero attached hydrogens (tertiary/aromatic N) is 1. The molecular weight excluding hydrogens is 291 g/mol. The zero-order valence-electron chi connectivity index (χ0n) is 12.8. The first-order valence-corrected chi connectivity index (χ1v) is 8.71. The third-order valence-electron chi connectivity index (χ3n) is 4.48. The van der Waals surface area contributed by atoms with Crippen molar-refractivity contribution in [2.24, 2.45) is 5.92 Å². The molecule has 1 fully saturated rings. The quantitative estimate of drug-likeness (QED) is 0.873. The lowest BCUT2D eigenvalue weighted by atomic mass is 9.87. The van der Waals surface area contributed by atoms with Crippen LogP contribution in [-0.2, 0) is 10.0 Å². The van der Waals surface area contributed by atoms with E-state index >= 15 is 0 Å². The van der Waals surface area contributed by atoms with Crippen LogP contribution in [0.5, 0.6) is 0 Å². The minimum Gasteiger partial charge on any atom is -0.399 e. The maximum atomic E-state index is 13.8. The summed E-state index contributed by atoms with van der Waals surface area (Å²) in [4.78, 5) is -0.0267. The van der Waals surface area contributed by atoms with Crippen LogP contribution in [0.2, 0.25) is 0 Å². The number of nitrogen functional groups attached to an aromatic ring is 1. The smallest absolute Gasteiger partial charge is 0.243 e. The summed E-state index contributed by atoms with van der Waals surface area (Å²) in [7, 11) is -2.14. The lowest BCUT2D eigenvalue weighted by Gasteiger charge is -2.33. The Morgan fingerprint density at radius 1 is 1.24 bits per heavy atom. The average Bonchev–Trinajstić information content (AvgIpc) is 2.42. The molecule has 1 aliphatic carbocycles. The number of hydrogen-bond acceptors (Lipinski definition) is 3. The number of anilines is 1. The summed E-state index contributed by atoms with van der Waals surface area (Å²) in [6, 6.07) is 2.47. The van der Waals surface area contributed by atoms with E-state index in [1.54, 1.807) is 7.05 Å². The van der Waals surface area contributed by atoms with Crippen molar-refractivity contribution in [3.05, 3.63) is 23.5 Å². The molecule has 0 aromatic heterocycles. The minimum atomic E-state index is -3.72. The molecule has 21 heavy (non-hydrogen) atoms. The van der Waals surface area contributed by atoms with Crippen LogP contribution in [-0.4, -0.2) is 25.8 Å². The lowest BCUT2D eigenvalue weighted by Crippen LogP contribution is -2.39. The van der Waals surface area contributed by atoms with Crippen molar-refractivity contribution in [3.63, 3.8) is 0 Å². The molecule has 1 aliphatic rings. The molecular formula is C15H23FN2O2S. The van der Waals surface area contributed by atoms with E-state index in [2.05, 4.69) is 6.92 Å². The van der Waals surface area contributed by atoms with E-state index < -0.39 is 15.8 Å². The number of halogens is 1. The van der Waals surface area contributed by atoms with Gasteiger partial charge in [-0.3, -0.25) is 0 Å². The van der Waals surface area contributed by atoms with Gasteiger partial charge in [0.05, 0.1) is 4.90 Å². The maximum absolute atomic E-state index is 13.8. The fourth-order valence-electron chi connectivity index (χ4n) is 2.90. The van der Waals surface area contributed by atoms with Crippen molar-refractivity contribution in [1.29, 1.82) is 0 Å². The second-order valence-electron chi connectivity index (χ2n) is 6.06. The van der Waals surface area contributed by atoms with Crippen LogP contribution in [0.1, 0.15) is 38.2 Å². The van der Waals surface area contributed by atoms with Crippen molar-refractivity contribution >= 4 is 15.7 Å². The standard InChI is InChI=1S/C15H23FN2O2S/c1-10-4-6-13(7-5-10)18(3)21(19,20)15-9-12(17)8-14(16)11(15)2/h8-10,13H,4-7,17H2,1-3H3. The average molecular weight is 314 g/mol. The second kappa shape index (κ2) is 5.93. The molecule has 0 saturated heterocycles. The Bertz CT molecular complexity index is 623. The summed E-state index contributed by atoms with van der Waals surface area (Å²) in [5, 5.41) is 0. The molecule has 1 aromatic carbocycles. The molecule has 0 amide bonds. The molecule has 1 aromatic rings. The number of benzene rings is 1. The number of sulfonamides is 1. The van der Waals surface area contributed by atoms with E-state index in [4.69, 9.17) is 5.73 Å². The Morgan fingerprint density at radius 3 is 2.38 bits per heavy atom. The van der Waals surface area contributed by atoms with Crippen molar-refractivity contribution in [1.82, 2.24) is 4.31 Å². The second-order valence-corrected chi connectivity index (χ2v) is 8.03. The first kappa shape index (κ1) is 16.2. The predicted molar refractivity (Wildman–Crippen MR) is 81.9 cm³/mol. The number of rotatable bonds is 3. The van der Waals surface area contributed by atoms with Gasteiger partial charge in [0.25, 0.3) is 0 Å². The fourth-order valence-corrected chi connectivity index (χ4v) is 4.58. The van der Waals surface area contributed by atoms with Gasteiger partial charge in [-0.15, -0.1) is 0 Å². The van der Waals surface area contributed by atoms with Crippen molar-refractivity contribution in [2.75, 3.05) is 12.8 Å². The Morgan fingerprint density at radius 2 is 1.81 bits per heavy atom. The Kier molecular flexibility index (Phi) is 4.58. The third-order valence-corrected chi connectivity index (χ3v) is 6.51. The molecule has 2 N–H and O–H groups in total. The van der Waals surface area contributed by atoms with Gasteiger partial charge < -0.3 is 5.73 Å². The minimum absolute atomic E-state index is 0.0184. The highest BCUT2D eigenvalue weighted by atomic mass is 32.2. The molecule has 2 rings (SSSR count). The highest BCUT2D eigenvalue weighted by Gasteiger charge is 2.32. The molecule has 1 saturated carbocycles. The van der Waals surface area contributed by atoms with Gasteiger partial charge >= 0.3 is 0 Å². The van der Waals surface area contributed by atoms with Crippen LogP contribution in [0.3, 0.4) is 0 Å². The van der Waals surface area contributed by atoms with Gasteiger partial charge in [-0.2, -0.15) is 4.31 Å². The normalized spacial score (nSPS) is 23.5. The van der Waals surface area contributed by atoms with E-state index in [-0.39, 0.29) is 22.2 Å². The van der Waals surface area contributed by atoms with E-state index in [0.29, 0.717) is 5.92 Å². The summed E-state index contributed by atoms with van der Waals surface area (Å²) in [6.45, 7) is 3.65.